The van der Waals surface area contributed by atoms with Crippen molar-refractivity contribution in [2.45, 2.75) is 18.8 Å². The number of H-pyrrole nitrogens is 1. The van der Waals surface area contributed by atoms with Crippen LogP contribution in [-0.4, -0.2) is 35.0 Å². The molecule has 0 bridgehead atoms. The average molecular weight is 250 g/mol. The summed E-state index contributed by atoms with van der Waals surface area (Å²) in [4.78, 5) is 10.1. The van der Waals surface area contributed by atoms with Crippen LogP contribution in [0.1, 0.15) is 24.5 Å². The quantitative estimate of drug-likeness (QED) is 0.843. The van der Waals surface area contributed by atoms with Gasteiger partial charge in [0.05, 0.1) is 5.02 Å². The third-order valence-corrected chi connectivity index (χ3v) is 3.99. The molecule has 0 aliphatic carbocycles. The Balaban J connectivity index is 1.93. The third kappa shape index (κ3) is 2.05. The maximum Gasteiger partial charge on any atom is 0.138 e. The Kier molecular flexibility index (Phi) is 2.81. The number of nitrogens with zero attached hydrogens (tertiary/aromatic N) is 2. The number of aromatic nitrogens is 2. The van der Waals surface area contributed by atoms with Gasteiger partial charge in [-0.05, 0) is 45.1 Å². The second kappa shape index (κ2) is 4.31. The van der Waals surface area contributed by atoms with Gasteiger partial charge in [0.2, 0.25) is 0 Å². The summed E-state index contributed by atoms with van der Waals surface area (Å²) in [6, 6.07) is 4.01. The zero-order chi connectivity index (χ0) is 11.8. The lowest BCUT2D eigenvalue weighted by molar-refractivity contribution is 0.254. The fraction of sp³-hybridized carbons (Fsp3) is 0.462. The van der Waals surface area contributed by atoms with Crippen LogP contribution in [0.4, 0.5) is 0 Å². The number of rotatable bonds is 1. The summed E-state index contributed by atoms with van der Waals surface area (Å²) in [5.74, 6) is 0.622. The number of halogens is 1. The molecule has 0 spiro atoms. The van der Waals surface area contributed by atoms with E-state index in [0.717, 1.165) is 16.1 Å². The highest BCUT2D eigenvalue weighted by Gasteiger charge is 2.20. The number of aromatic amines is 1. The second-order valence-corrected chi connectivity index (χ2v) is 5.26. The Morgan fingerprint density at radius 3 is 2.88 bits per heavy atom. The Bertz CT molecular complexity index is 526. The van der Waals surface area contributed by atoms with E-state index in [2.05, 4.69) is 28.0 Å². The monoisotopic (exact) mass is 249 g/mol. The van der Waals surface area contributed by atoms with Crippen LogP contribution in [0.25, 0.3) is 11.0 Å². The van der Waals surface area contributed by atoms with Crippen molar-refractivity contribution >= 4 is 22.6 Å². The van der Waals surface area contributed by atoms with Crippen molar-refractivity contribution in [3.05, 3.63) is 29.0 Å². The normalized spacial score (nSPS) is 18.9. The predicted molar refractivity (Wildman–Crippen MR) is 70.6 cm³/mol. The number of likely N-dealkylation sites (tertiary alicyclic amines) is 1. The predicted octanol–water partition coefficient (Wildman–Crippen LogP) is 3.03. The molecule has 90 valence electrons. The van der Waals surface area contributed by atoms with Crippen molar-refractivity contribution in [1.82, 2.24) is 14.9 Å². The molecule has 0 radical (unpaired) electrons. The van der Waals surface area contributed by atoms with Crippen LogP contribution in [0.15, 0.2) is 18.3 Å². The van der Waals surface area contributed by atoms with Crippen LogP contribution >= 0.6 is 11.6 Å². The first-order valence-corrected chi connectivity index (χ1v) is 6.43. The summed E-state index contributed by atoms with van der Waals surface area (Å²) in [5.41, 5.74) is 2.19. The molecular weight excluding hydrogens is 234 g/mol. The van der Waals surface area contributed by atoms with Crippen molar-refractivity contribution < 1.29 is 0 Å². The lowest BCUT2D eigenvalue weighted by atomic mass is 9.94. The lowest BCUT2D eigenvalue weighted by Gasteiger charge is -2.28. The molecule has 1 aliphatic heterocycles. The van der Waals surface area contributed by atoms with Crippen molar-refractivity contribution in [1.29, 1.82) is 0 Å². The highest BCUT2D eigenvalue weighted by Crippen LogP contribution is 2.31. The van der Waals surface area contributed by atoms with Crippen molar-refractivity contribution in [2.24, 2.45) is 0 Å². The fourth-order valence-electron chi connectivity index (χ4n) is 2.55. The van der Waals surface area contributed by atoms with E-state index in [-0.39, 0.29) is 0 Å². The number of fused-ring (bicyclic) bond motifs is 1. The summed E-state index contributed by atoms with van der Waals surface area (Å²) < 4.78 is 0. The summed E-state index contributed by atoms with van der Waals surface area (Å²) in [7, 11) is 2.18. The number of hydrogen-bond acceptors (Lipinski definition) is 2. The molecule has 0 aromatic carbocycles. The molecule has 3 nitrogen and oxygen atoms in total. The van der Waals surface area contributed by atoms with Crippen molar-refractivity contribution in [2.75, 3.05) is 20.1 Å². The minimum absolute atomic E-state index is 0.622. The van der Waals surface area contributed by atoms with E-state index in [0.29, 0.717) is 5.92 Å². The van der Waals surface area contributed by atoms with Gasteiger partial charge >= 0.3 is 0 Å². The van der Waals surface area contributed by atoms with Gasteiger partial charge in [-0.3, -0.25) is 0 Å². The van der Waals surface area contributed by atoms with Crippen LogP contribution in [0.3, 0.4) is 0 Å². The number of nitrogens with one attached hydrogen (secondary N) is 1. The van der Waals surface area contributed by atoms with E-state index in [1.807, 2.05) is 6.07 Å². The highest BCUT2D eigenvalue weighted by molar-refractivity contribution is 6.35. The first-order valence-electron chi connectivity index (χ1n) is 6.05. The summed E-state index contributed by atoms with van der Waals surface area (Å²) in [6.07, 6.45) is 4.17. The molecule has 3 rings (SSSR count). The number of piperidine rings is 1. The van der Waals surface area contributed by atoms with E-state index >= 15 is 0 Å². The molecular formula is C13H16ClN3. The van der Waals surface area contributed by atoms with Gasteiger partial charge in [0.15, 0.2) is 0 Å². The van der Waals surface area contributed by atoms with Crippen LogP contribution in [0, 0.1) is 0 Å². The van der Waals surface area contributed by atoms with Crippen molar-refractivity contribution in [3.8, 4) is 0 Å². The average Bonchev–Trinajstić information content (AvgIpc) is 2.75. The van der Waals surface area contributed by atoms with Gasteiger partial charge in [0.25, 0.3) is 0 Å². The summed E-state index contributed by atoms with van der Waals surface area (Å²) in [6.45, 7) is 2.34. The third-order valence-electron chi connectivity index (χ3n) is 3.66. The fourth-order valence-corrected chi connectivity index (χ4v) is 2.75. The first kappa shape index (κ1) is 11.1. The highest BCUT2D eigenvalue weighted by atomic mass is 35.5. The zero-order valence-electron chi connectivity index (χ0n) is 9.91. The van der Waals surface area contributed by atoms with Crippen molar-refractivity contribution in [3.63, 3.8) is 0 Å². The van der Waals surface area contributed by atoms with Gasteiger partial charge in [-0.2, -0.15) is 0 Å². The Hall–Kier alpha value is -1.06. The van der Waals surface area contributed by atoms with Gasteiger partial charge in [-0.25, -0.2) is 4.98 Å². The maximum atomic E-state index is 6.16. The topological polar surface area (TPSA) is 31.9 Å². The molecule has 0 saturated carbocycles. The molecule has 0 amide bonds. The minimum Gasteiger partial charge on any atom is -0.343 e. The van der Waals surface area contributed by atoms with E-state index in [9.17, 15) is 0 Å². The molecule has 4 heteroatoms. The molecule has 3 heterocycles. The number of hydrogen-bond donors (Lipinski definition) is 1. The van der Waals surface area contributed by atoms with Gasteiger partial charge in [0.1, 0.15) is 5.65 Å². The molecule has 17 heavy (non-hydrogen) atoms. The molecule has 1 fully saturated rings. The van der Waals surface area contributed by atoms with Crippen LogP contribution < -0.4 is 0 Å². The number of pyridine rings is 1. The van der Waals surface area contributed by atoms with Gasteiger partial charge in [0, 0.05) is 23.2 Å². The van der Waals surface area contributed by atoms with E-state index in [4.69, 9.17) is 11.6 Å². The zero-order valence-corrected chi connectivity index (χ0v) is 10.7. The van der Waals surface area contributed by atoms with Gasteiger partial charge < -0.3 is 9.88 Å². The van der Waals surface area contributed by atoms with Gasteiger partial charge in [-0.15, -0.1) is 0 Å². The lowest BCUT2D eigenvalue weighted by Crippen LogP contribution is -2.29. The minimum atomic E-state index is 0.622. The maximum absolute atomic E-state index is 6.16. The first-order chi connectivity index (χ1) is 8.24. The smallest absolute Gasteiger partial charge is 0.138 e. The second-order valence-electron chi connectivity index (χ2n) is 4.86. The molecule has 0 atom stereocenters. The Morgan fingerprint density at radius 2 is 2.18 bits per heavy atom. The van der Waals surface area contributed by atoms with Crippen LogP contribution in [0.2, 0.25) is 5.02 Å². The van der Waals surface area contributed by atoms with E-state index < -0.39 is 0 Å². The SMILES string of the molecule is CN1CCC(c2cc3c(Cl)ccnc3[nH]2)CC1. The molecule has 1 aliphatic rings. The van der Waals surface area contributed by atoms with Gasteiger partial charge in [-0.1, -0.05) is 11.6 Å². The molecule has 1 N–H and O–H groups in total. The molecule has 2 aromatic heterocycles. The molecule has 2 aromatic rings. The van der Waals surface area contributed by atoms with E-state index in [1.54, 1.807) is 6.20 Å². The Labute approximate surface area is 106 Å². The summed E-state index contributed by atoms with van der Waals surface area (Å²) >= 11 is 6.16. The molecule has 0 unspecified atom stereocenters. The molecule has 1 saturated heterocycles. The van der Waals surface area contributed by atoms with E-state index in [1.165, 1.54) is 31.6 Å². The van der Waals surface area contributed by atoms with Crippen LogP contribution in [-0.2, 0) is 0 Å². The largest absolute Gasteiger partial charge is 0.343 e. The van der Waals surface area contributed by atoms with Crippen LogP contribution in [0.5, 0.6) is 0 Å². The Morgan fingerprint density at radius 1 is 1.41 bits per heavy atom. The standard InChI is InChI=1S/C13H16ClN3/c1-17-6-3-9(4-7-17)12-8-10-11(14)2-5-15-13(10)16-12/h2,5,8-9H,3-4,6-7H2,1H3,(H,15,16). The summed E-state index contributed by atoms with van der Waals surface area (Å²) in [5, 5.41) is 1.83.